The molecule has 0 radical (unpaired) electrons. The van der Waals surface area contributed by atoms with Crippen LogP contribution in [0.25, 0.3) is 17.4 Å². The van der Waals surface area contributed by atoms with Gasteiger partial charge in [-0.05, 0) is 66.7 Å². The number of phenolic OH excluding ortho intramolecular Hbond substituents is 1. The van der Waals surface area contributed by atoms with Crippen molar-refractivity contribution in [3.63, 3.8) is 0 Å². The molecule has 2 aromatic carbocycles. The molecule has 2 heterocycles. The van der Waals surface area contributed by atoms with Crippen molar-refractivity contribution in [3.8, 4) is 17.1 Å². The topological polar surface area (TPSA) is 74.8 Å². The molecule has 0 bridgehead atoms. The lowest BCUT2D eigenvalue weighted by Crippen LogP contribution is -2.19. The number of halogens is 2. The van der Waals surface area contributed by atoms with Gasteiger partial charge >= 0.3 is 0 Å². The Kier molecular flexibility index (Phi) is 5.41. The molecule has 0 atom stereocenters. The molecule has 3 aromatic rings. The molecular formula is C21H14Cl2N2O3S. The highest BCUT2D eigenvalue weighted by Crippen LogP contribution is 2.34. The fraction of sp³-hybridized carbons (Fsp3) is 0.0476. The van der Waals surface area contributed by atoms with E-state index in [0.717, 1.165) is 11.1 Å². The van der Waals surface area contributed by atoms with Crippen molar-refractivity contribution in [2.75, 3.05) is 0 Å². The van der Waals surface area contributed by atoms with Crippen LogP contribution in [-0.2, 0) is 4.79 Å². The molecule has 1 aliphatic rings. The Bertz CT molecular complexity index is 1180. The SMILES string of the molecule is Cc1ccc(O)c(N=C2NC(=O)C(=Cc3ccc(-c4ccc(Cl)c(Cl)c4)o3)S2)c1. The van der Waals surface area contributed by atoms with Crippen LogP contribution in [0.5, 0.6) is 5.75 Å². The molecule has 1 amide bonds. The van der Waals surface area contributed by atoms with Crippen molar-refractivity contribution in [1.29, 1.82) is 0 Å². The van der Waals surface area contributed by atoms with Crippen LogP contribution in [0.1, 0.15) is 11.3 Å². The standard InChI is InChI=1S/C21H14Cl2N2O3S/c1-11-2-6-17(26)16(8-11)24-21-25-20(27)19(29-21)10-13-4-7-18(28-13)12-3-5-14(22)15(23)9-12/h2-10,26H,1H3,(H,24,25,27). The second kappa shape index (κ2) is 7.99. The quantitative estimate of drug-likeness (QED) is 0.474. The zero-order valence-electron chi connectivity index (χ0n) is 15.1. The summed E-state index contributed by atoms with van der Waals surface area (Å²) < 4.78 is 5.81. The van der Waals surface area contributed by atoms with Crippen LogP contribution in [0, 0.1) is 6.92 Å². The molecule has 5 nitrogen and oxygen atoms in total. The number of carbonyl (C=O) groups excluding carboxylic acids is 1. The molecule has 8 heteroatoms. The summed E-state index contributed by atoms with van der Waals surface area (Å²) in [5.41, 5.74) is 2.14. The summed E-state index contributed by atoms with van der Waals surface area (Å²) in [7, 11) is 0. The van der Waals surface area contributed by atoms with E-state index in [2.05, 4.69) is 10.3 Å². The molecule has 2 N–H and O–H groups in total. The van der Waals surface area contributed by atoms with Gasteiger partial charge in [0.2, 0.25) is 0 Å². The molecule has 0 saturated carbocycles. The van der Waals surface area contributed by atoms with Gasteiger partial charge in [0.25, 0.3) is 5.91 Å². The fourth-order valence-electron chi connectivity index (χ4n) is 2.68. The smallest absolute Gasteiger partial charge is 0.264 e. The van der Waals surface area contributed by atoms with E-state index in [9.17, 15) is 9.90 Å². The van der Waals surface area contributed by atoms with Crippen LogP contribution in [-0.4, -0.2) is 16.2 Å². The van der Waals surface area contributed by atoms with Crippen LogP contribution in [0.2, 0.25) is 10.0 Å². The first-order valence-electron chi connectivity index (χ1n) is 8.53. The van der Waals surface area contributed by atoms with Crippen LogP contribution in [0.4, 0.5) is 5.69 Å². The highest BCUT2D eigenvalue weighted by Gasteiger charge is 2.24. The van der Waals surface area contributed by atoms with Crippen molar-refractivity contribution in [3.05, 3.63) is 74.8 Å². The Morgan fingerprint density at radius 1 is 1.10 bits per heavy atom. The summed E-state index contributed by atoms with van der Waals surface area (Å²) in [4.78, 5) is 17.0. The zero-order chi connectivity index (χ0) is 20.5. The Morgan fingerprint density at radius 2 is 1.93 bits per heavy atom. The lowest BCUT2D eigenvalue weighted by Gasteiger charge is -2.01. The molecule has 1 fully saturated rings. The number of rotatable bonds is 3. The highest BCUT2D eigenvalue weighted by atomic mass is 35.5. The molecule has 146 valence electrons. The Hall–Kier alpha value is -2.67. The van der Waals surface area contributed by atoms with E-state index in [1.165, 1.54) is 11.8 Å². The first kappa shape index (κ1) is 19.6. The number of aromatic hydroxyl groups is 1. The number of benzene rings is 2. The molecule has 1 aliphatic heterocycles. The fourth-order valence-corrected chi connectivity index (χ4v) is 3.79. The number of nitrogens with one attached hydrogen (secondary N) is 1. The first-order chi connectivity index (χ1) is 13.9. The predicted molar refractivity (Wildman–Crippen MR) is 118 cm³/mol. The third-order valence-electron chi connectivity index (χ3n) is 4.11. The minimum absolute atomic E-state index is 0.0488. The number of furan rings is 1. The van der Waals surface area contributed by atoms with Gasteiger partial charge in [0, 0.05) is 11.6 Å². The summed E-state index contributed by atoms with van der Waals surface area (Å²) in [6, 6.07) is 13.9. The van der Waals surface area contributed by atoms with Gasteiger partial charge < -0.3 is 14.8 Å². The number of aliphatic imine (C=N–C) groups is 1. The van der Waals surface area contributed by atoms with Crippen LogP contribution in [0.3, 0.4) is 0 Å². The zero-order valence-corrected chi connectivity index (χ0v) is 17.4. The van der Waals surface area contributed by atoms with Gasteiger partial charge in [0.1, 0.15) is 23.0 Å². The monoisotopic (exact) mass is 444 g/mol. The number of carbonyl (C=O) groups is 1. The molecule has 29 heavy (non-hydrogen) atoms. The summed E-state index contributed by atoms with van der Waals surface area (Å²) >= 11 is 13.2. The van der Waals surface area contributed by atoms with E-state index in [1.807, 2.05) is 6.92 Å². The molecule has 1 saturated heterocycles. The second-order valence-electron chi connectivity index (χ2n) is 6.30. The number of amidine groups is 1. The van der Waals surface area contributed by atoms with Crippen molar-refractivity contribution in [2.24, 2.45) is 4.99 Å². The Labute approximate surface area is 181 Å². The number of nitrogens with zero attached hydrogens (tertiary/aromatic N) is 1. The number of hydrogen-bond donors (Lipinski definition) is 2. The normalized spacial score (nSPS) is 16.6. The minimum atomic E-state index is -0.284. The molecule has 4 rings (SSSR count). The molecular weight excluding hydrogens is 431 g/mol. The largest absolute Gasteiger partial charge is 0.506 e. The van der Waals surface area contributed by atoms with E-state index in [0.29, 0.717) is 37.3 Å². The van der Waals surface area contributed by atoms with E-state index in [-0.39, 0.29) is 11.7 Å². The van der Waals surface area contributed by atoms with Gasteiger partial charge in [-0.2, -0.15) is 0 Å². The summed E-state index contributed by atoms with van der Waals surface area (Å²) in [6.07, 6.45) is 1.64. The minimum Gasteiger partial charge on any atom is -0.506 e. The number of aryl methyl sites for hydroxylation is 1. The number of phenols is 1. The average molecular weight is 445 g/mol. The third-order valence-corrected chi connectivity index (χ3v) is 5.76. The van der Waals surface area contributed by atoms with E-state index < -0.39 is 0 Å². The van der Waals surface area contributed by atoms with Crippen LogP contribution in [0.15, 0.2) is 62.8 Å². The Morgan fingerprint density at radius 3 is 2.72 bits per heavy atom. The molecule has 0 aliphatic carbocycles. The number of amides is 1. The lowest BCUT2D eigenvalue weighted by molar-refractivity contribution is -0.115. The van der Waals surface area contributed by atoms with Crippen molar-refractivity contribution in [1.82, 2.24) is 5.32 Å². The maximum Gasteiger partial charge on any atom is 0.264 e. The van der Waals surface area contributed by atoms with Gasteiger partial charge in [-0.3, -0.25) is 4.79 Å². The lowest BCUT2D eigenvalue weighted by atomic mass is 10.2. The maximum absolute atomic E-state index is 12.3. The van der Waals surface area contributed by atoms with Crippen molar-refractivity contribution < 1.29 is 14.3 Å². The molecule has 0 spiro atoms. The van der Waals surface area contributed by atoms with Crippen molar-refractivity contribution in [2.45, 2.75) is 6.92 Å². The summed E-state index contributed by atoms with van der Waals surface area (Å²) in [6.45, 7) is 1.90. The van der Waals surface area contributed by atoms with Crippen LogP contribution >= 0.6 is 35.0 Å². The van der Waals surface area contributed by atoms with Crippen LogP contribution < -0.4 is 5.32 Å². The second-order valence-corrected chi connectivity index (χ2v) is 8.15. The predicted octanol–water partition coefficient (Wildman–Crippen LogP) is 6.16. The van der Waals surface area contributed by atoms with E-state index >= 15 is 0 Å². The molecule has 0 unspecified atom stereocenters. The number of hydrogen-bond acceptors (Lipinski definition) is 5. The maximum atomic E-state index is 12.3. The highest BCUT2D eigenvalue weighted by molar-refractivity contribution is 8.18. The molecule has 1 aromatic heterocycles. The Balaban J connectivity index is 1.57. The van der Waals surface area contributed by atoms with Gasteiger partial charge in [0.15, 0.2) is 5.17 Å². The van der Waals surface area contributed by atoms with Crippen molar-refractivity contribution >= 4 is 57.8 Å². The summed E-state index contributed by atoms with van der Waals surface area (Å²) in [5.74, 6) is 0.891. The van der Waals surface area contributed by atoms with Gasteiger partial charge in [-0.25, -0.2) is 4.99 Å². The summed E-state index contributed by atoms with van der Waals surface area (Å²) in [5, 5.41) is 13.9. The van der Waals surface area contributed by atoms with Gasteiger partial charge in [0.05, 0.1) is 15.0 Å². The van der Waals surface area contributed by atoms with E-state index in [4.69, 9.17) is 27.6 Å². The van der Waals surface area contributed by atoms with Gasteiger partial charge in [-0.1, -0.05) is 29.3 Å². The first-order valence-corrected chi connectivity index (χ1v) is 10.1. The average Bonchev–Trinajstić information content (AvgIpc) is 3.28. The van der Waals surface area contributed by atoms with Gasteiger partial charge in [-0.15, -0.1) is 0 Å². The third kappa shape index (κ3) is 4.34. The van der Waals surface area contributed by atoms with E-state index in [1.54, 1.807) is 54.6 Å². The number of thioether (sulfide) groups is 1.